The Hall–Kier alpha value is -2.80. The van der Waals surface area contributed by atoms with Gasteiger partial charge in [-0.05, 0) is 48.0 Å². The molecule has 0 radical (unpaired) electrons. The number of carboxylic acids is 1. The molecule has 0 aromatic heterocycles. The minimum Gasteiger partial charge on any atom is -0.480 e. The number of hydrogen-bond donors (Lipinski definition) is 4. The van der Waals surface area contributed by atoms with E-state index in [0.29, 0.717) is 19.4 Å². The maximum atomic E-state index is 11.0. The van der Waals surface area contributed by atoms with Crippen molar-refractivity contribution in [2.75, 3.05) is 13.6 Å². The highest BCUT2D eigenvalue weighted by Gasteiger charge is 2.13. The molecule has 0 aliphatic carbocycles. The summed E-state index contributed by atoms with van der Waals surface area (Å²) in [6.07, 6.45) is 7.37. The molecule has 0 heterocycles. The number of nitrogens with zero attached hydrogens (tertiary/aromatic N) is 2. The second-order valence-electron chi connectivity index (χ2n) is 4.66. The van der Waals surface area contributed by atoms with Gasteiger partial charge in [-0.1, -0.05) is 24.8 Å². The minimum absolute atomic E-state index is 0.325. The van der Waals surface area contributed by atoms with Gasteiger partial charge in [-0.15, -0.1) is 0 Å². The van der Waals surface area contributed by atoms with Crippen LogP contribution in [0.1, 0.15) is 18.4 Å². The molecule has 0 aliphatic heterocycles. The van der Waals surface area contributed by atoms with E-state index >= 15 is 0 Å². The van der Waals surface area contributed by atoms with Gasteiger partial charge >= 0.3 is 5.97 Å². The molecule has 0 amide bonds. The Balaban J connectivity index is 0.00000254. The molecule has 1 aromatic rings. The van der Waals surface area contributed by atoms with Crippen LogP contribution in [0, 0.1) is 5.53 Å². The molecule has 130 valence electrons. The summed E-state index contributed by atoms with van der Waals surface area (Å²) >= 11 is 0. The molecular formula is C17H25N5O2. The molecule has 1 unspecified atom stereocenters. The lowest BCUT2D eigenvalue weighted by Gasteiger charge is -2.04. The van der Waals surface area contributed by atoms with Crippen molar-refractivity contribution < 1.29 is 9.90 Å². The number of benzene rings is 1. The Morgan fingerprint density at radius 1 is 1.46 bits per heavy atom. The van der Waals surface area contributed by atoms with E-state index in [0.717, 1.165) is 16.0 Å². The average molecular weight is 331 g/mol. The summed E-state index contributed by atoms with van der Waals surface area (Å²) in [6.45, 7) is 4.22. The Morgan fingerprint density at radius 2 is 2.17 bits per heavy atom. The van der Waals surface area contributed by atoms with Gasteiger partial charge in [0.2, 0.25) is 0 Å². The normalized spacial score (nSPS) is 12.8. The zero-order chi connectivity index (χ0) is 18.4. The van der Waals surface area contributed by atoms with Crippen LogP contribution >= 0.6 is 0 Å². The lowest BCUT2D eigenvalue weighted by Crippen LogP contribution is -2.24. The molecule has 1 atom stereocenters. The summed E-state index contributed by atoms with van der Waals surface area (Å²) in [4.78, 5) is 15.0. The number of allylic oxidation sites excluding steroid dienone is 1. The number of hydrogen-bond acceptors (Lipinski definition) is 6. The molecule has 1 rings (SSSR count). The average Bonchev–Trinajstić information content (AvgIpc) is 2.58. The van der Waals surface area contributed by atoms with Gasteiger partial charge in [0.05, 0.1) is 6.54 Å². The van der Waals surface area contributed by atoms with Gasteiger partial charge in [-0.25, -0.2) is 10.3 Å². The third-order valence-corrected chi connectivity index (χ3v) is 3.02. The van der Waals surface area contributed by atoms with Gasteiger partial charge < -0.3 is 16.6 Å². The summed E-state index contributed by atoms with van der Waals surface area (Å²) in [5.74, 6) is -0.975. The molecular weight excluding hydrogens is 306 g/mol. The van der Waals surface area contributed by atoms with Crippen molar-refractivity contribution in [2.45, 2.75) is 18.9 Å². The first-order chi connectivity index (χ1) is 11.6. The van der Waals surface area contributed by atoms with Crippen LogP contribution in [0.5, 0.6) is 0 Å². The van der Waals surface area contributed by atoms with Crippen molar-refractivity contribution in [1.29, 1.82) is 5.53 Å². The molecule has 1 aromatic carbocycles. The van der Waals surface area contributed by atoms with Crippen LogP contribution in [0.25, 0.3) is 18.9 Å². The van der Waals surface area contributed by atoms with Gasteiger partial charge in [-0.2, -0.15) is 5.11 Å². The summed E-state index contributed by atoms with van der Waals surface area (Å²) in [6, 6.07) is 4.84. The summed E-state index contributed by atoms with van der Waals surface area (Å²) in [5, 5.41) is 13.9. The number of aliphatic imine (C=N–C) groups is 1. The molecule has 7 heteroatoms. The number of carboxylic acid groups (broad SMARTS) is 1. The van der Waals surface area contributed by atoms with Gasteiger partial charge in [0.25, 0.3) is 0 Å². The van der Waals surface area contributed by atoms with Crippen LogP contribution in [0.3, 0.4) is 0 Å². The van der Waals surface area contributed by atoms with Crippen LogP contribution in [0.15, 0.2) is 34.4 Å². The molecule has 7 nitrogen and oxygen atoms in total. The lowest BCUT2D eigenvalue weighted by molar-refractivity contribution is -0.138. The van der Waals surface area contributed by atoms with E-state index in [1.54, 1.807) is 6.08 Å². The fourth-order valence-corrected chi connectivity index (χ4v) is 1.83. The summed E-state index contributed by atoms with van der Waals surface area (Å²) in [5.41, 5.74) is 17.6. The van der Waals surface area contributed by atoms with Crippen molar-refractivity contribution in [3.8, 4) is 0 Å². The van der Waals surface area contributed by atoms with Crippen LogP contribution in [-0.2, 0) is 4.79 Å². The van der Waals surface area contributed by atoms with Gasteiger partial charge in [0.1, 0.15) is 6.04 Å². The van der Waals surface area contributed by atoms with Crippen LogP contribution in [-0.4, -0.2) is 36.9 Å². The first-order valence-electron chi connectivity index (χ1n) is 7.43. The predicted molar refractivity (Wildman–Crippen MR) is 98.2 cm³/mol. The van der Waals surface area contributed by atoms with E-state index in [-0.39, 0.29) is 0 Å². The zero-order valence-corrected chi connectivity index (χ0v) is 13.9. The molecule has 0 aliphatic rings. The second kappa shape index (κ2) is 12.7. The van der Waals surface area contributed by atoms with E-state index in [4.69, 9.17) is 16.4 Å². The zero-order valence-electron chi connectivity index (χ0n) is 13.9. The Labute approximate surface area is 141 Å². The fourth-order valence-electron chi connectivity index (χ4n) is 1.83. The standard InChI is InChI=1S/C16H20N4O2.CH5N/c1-12-10-13(6-7-14(12)11-17)4-2-8-19-15(16(21)22)5-3-9-20-18;1-2/h2,4,6-8,10-11,15,18H,1,3,5,9,17H2,(H,21,22);2H2,1H3/b4-2+,14-11-,19-8?,20-18?;. The van der Waals surface area contributed by atoms with Gasteiger partial charge in [0, 0.05) is 12.4 Å². The largest absolute Gasteiger partial charge is 0.480 e. The number of carbonyl (C=O) groups is 1. The molecule has 24 heavy (non-hydrogen) atoms. The number of nitrogens with two attached hydrogens (primary N) is 2. The summed E-state index contributed by atoms with van der Waals surface area (Å²) < 4.78 is 0. The topological polar surface area (TPSA) is 138 Å². The summed E-state index contributed by atoms with van der Waals surface area (Å²) in [7, 11) is 1.50. The van der Waals surface area contributed by atoms with Gasteiger partial charge in [-0.3, -0.25) is 4.99 Å². The first kappa shape index (κ1) is 21.2. The molecule has 0 bridgehead atoms. The molecule has 0 fully saturated rings. The third kappa shape index (κ3) is 8.00. The Morgan fingerprint density at radius 3 is 2.71 bits per heavy atom. The maximum Gasteiger partial charge on any atom is 0.328 e. The highest BCUT2D eigenvalue weighted by Crippen LogP contribution is 2.03. The van der Waals surface area contributed by atoms with Crippen LogP contribution < -0.4 is 21.9 Å². The molecule has 6 N–H and O–H groups in total. The highest BCUT2D eigenvalue weighted by atomic mass is 16.4. The smallest absolute Gasteiger partial charge is 0.328 e. The molecule has 0 saturated carbocycles. The Kier molecular flexibility index (Phi) is 11.2. The van der Waals surface area contributed by atoms with E-state index in [9.17, 15) is 4.79 Å². The second-order valence-corrected chi connectivity index (χ2v) is 4.66. The minimum atomic E-state index is -0.975. The van der Waals surface area contributed by atoms with E-state index in [2.05, 4.69) is 22.4 Å². The lowest BCUT2D eigenvalue weighted by atomic mass is 10.1. The van der Waals surface area contributed by atoms with Crippen LogP contribution in [0.2, 0.25) is 0 Å². The van der Waals surface area contributed by atoms with E-state index in [1.807, 2.05) is 24.3 Å². The van der Waals surface area contributed by atoms with Crippen molar-refractivity contribution >= 4 is 31.0 Å². The predicted octanol–water partition coefficient (Wildman–Crippen LogP) is 0.717. The first-order valence-corrected chi connectivity index (χ1v) is 7.43. The van der Waals surface area contributed by atoms with Crippen LogP contribution in [0.4, 0.5) is 0 Å². The number of rotatable bonds is 8. The number of nitrogens with one attached hydrogen (secondary N) is 1. The van der Waals surface area contributed by atoms with Gasteiger partial charge in [0.15, 0.2) is 0 Å². The quantitative estimate of drug-likeness (QED) is 0.317. The SMILES string of the molecule is C=c1cc(/C=C/C=NC(CCCN=N)C(=O)O)cc/c1=C/N.CN. The Bertz CT molecular complexity index is 683. The van der Waals surface area contributed by atoms with Crippen molar-refractivity contribution in [3.63, 3.8) is 0 Å². The highest BCUT2D eigenvalue weighted by molar-refractivity contribution is 5.82. The van der Waals surface area contributed by atoms with Crippen molar-refractivity contribution in [3.05, 3.63) is 40.3 Å². The fraction of sp³-hybridized carbons (Fsp3) is 0.294. The third-order valence-electron chi connectivity index (χ3n) is 3.02. The monoisotopic (exact) mass is 331 g/mol. The van der Waals surface area contributed by atoms with Crippen molar-refractivity contribution in [2.24, 2.45) is 21.6 Å². The molecule has 0 saturated heterocycles. The van der Waals surface area contributed by atoms with Crippen molar-refractivity contribution in [1.82, 2.24) is 0 Å². The van der Waals surface area contributed by atoms with E-state index < -0.39 is 12.0 Å². The van der Waals surface area contributed by atoms with E-state index in [1.165, 1.54) is 19.5 Å². The number of aliphatic carboxylic acids is 1. The molecule has 0 spiro atoms. The maximum absolute atomic E-state index is 11.0.